The summed E-state index contributed by atoms with van der Waals surface area (Å²) < 4.78 is 38.1. The number of amides is 3. The molecular weight excluding hydrogens is 1330 g/mol. The van der Waals surface area contributed by atoms with Gasteiger partial charge < -0.3 is 59.3 Å². The quantitative estimate of drug-likeness (QED) is 0.0176. The minimum atomic E-state index is -3.62. The molecule has 1 heterocycles. The number of hydrogen-bond donors (Lipinski definition) is 6. The van der Waals surface area contributed by atoms with Crippen molar-refractivity contribution in [2.45, 2.75) is 158 Å². The number of hydrogen-bond acceptors (Lipinski definition) is 16. The Morgan fingerprint density at radius 1 is 0.544 bits per heavy atom. The van der Waals surface area contributed by atoms with Crippen LogP contribution in [0.2, 0.25) is 0 Å². The molecule has 0 fully saturated rings. The fourth-order valence-corrected chi connectivity index (χ4v) is 11.8. The number of ketones is 4. The topological polar surface area (TPSA) is 289 Å². The van der Waals surface area contributed by atoms with Crippen LogP contribution in [-0.4, -0.2) is 114 Å². The molecule has 22 heteroatoms. The Morgan fingerprint density at radius 3 is 1.41 bits per heavy atom. The zero-order valence-electron chi connectivity index (χ0n) is 62.7. The smallest absolute Gasteiger partial charge is 0.407 e. The van der Waals surface area contributed by atoms with Crippen LogP contribution in [0.25, 0.3) is 11.1 Å². The summed E-state index contributed by atoms with van der Waals surface area (Å²) in [6.45, 7) is 30.1. The molecule has 5 atom stereocenters. The zero-order chi connectivity index (χ0) is 76.7. The monoisotopic (exact) mass is 1430 g/mol. The van der Waals surface area contributed by atoms with E-state index in [2.05, 4.69) is 66.6 Å². The maximum absolute atomic E-state index is 12.9. The lowest BCUT2D eigenvalue weighted by molar-refractivity contribution is -0.147. The first-order valence-corrected chi connectivity index (χ1v) is 36.2. The van der Waals surface area contributed by atoms with E-state index in [1.165, 1.54) is 49.1 Å². The molecule has 6 aromatic carbocycles. The minimum absolute atomic E-state index is 0.0268. The summed E-state index contributed by atoms with van der Waals surface area (Å²) in [5.41, 5.74) is 6.46. The van der Waals surface area contributed by atoms with Gasteiger partial charge in [-0.05, 0) is 88.0 Å². The summed E-state index contributed by atoms with van der Waals surface area (Å²) in [5.74, 6) is 0.407. The molecule has 0 bridgehead atoms. The van der Waals surface area contributed by atoms with Crippen molar-refractivity contribution in [1.29, 1.82) is 0 Å². The number of benzene rings is 6. The molecule has 6 N–H and O–H groups in total. The van der Waals surface area contributed by atoms with Crippen LogP contribution in [0.15, 0.2) is 183 Å². The van der Waals surface area contributed by atoms with Gasteiger partial charge in [-0.15, -0.1) is 0 Å². The SMILES string of the molecule is C=C(NC(Cc1ccc(CNC(=O)OCC2c3ccccc3-c3ccccc32)cc1)C(=O)C(C)(C)C)OC.CCC(O)(C(=O)C(C)(C)C)c1ccccc1.COC(=O)NC(Cc1ccc(OP(C)(=O)O)cc1)C(=O)C(C)(C)C.COC(=O)NC(Cc1cn(Cc2ccccc2)cn1)C(=O)C(C)(C)C. The first-order chi connectivity index (χ1) is 48.2. The number of Topliss-reactive ketones (excluding diaryl/α,β-unsaturated/α-hetero) is 4. The van der Waals surface area contributed by atoms with Crippen molar-refractivity contribution >= 4 is 49.0 Å². The number of nitrogens with zero attached hydrogens (tertiary/aromatic N) is 2. The largest absolute Gasteiger partial charge is 0.483 e. The first-order valence-electron chi connectivity index (χ1n) is 34.1. The van der Waals surface area contributed by atoms with Gasteiger partial charge in [0.15, 0.2) is 29.0 Å². The Bertz CT molecular complexity index is 3970. The average Bonchev–Trinajstić information content (AvgIpc) is 1.53. The molecule has 1 aliphatic rings. The number of ether oxygens (including phenoxy) is 4. The number of aromatic nitrogens is 2. The molecule has 1 aliphatic carbocycles. The van der Waals surface area contributed by atoms with Gasteiger partial charge in [-0.25, -0.2) is 23.9 Å². The van der Waals surface area contributed by atoms with Crippen molar-refractivity contribution in [3.8, 4) is 16.9 Å². The van der Waals surface area contributed by atoms with E-state index < -0.39 is 71.3 Å². The number of methoxy groups -OCH3 is 3. The second-order valence-electron chi connectivity index (χ2n) is 29.4. The van der Waals surface area contributed by atoms with Crippen LogP contribution in [-0.2, 0) is 80.6 Å². The lowest BCUT2D eigenvalue weighted by Crippen LogP contribution is -2.47. The number of nitrogens with one attached hydrogen (secondary N) is 4. The van der Waals surface area contributed by atoms with E-state index in [0.29, 0.717) is 43.8 Å². The second kappa shape index (κ2) is 37.5. The Kier molecular flexibility index (Phi) is 30.5. The first kappa shape index (κ1) is 84.0. The highest BCUT2D eigenvalue weighted by Crippen LogP contribution is 2.45. The van der Waals surface area contributed by atoms with E-state index in [1.54, 1.807) is 63.5 Å². The van der Waals surface area contributed by atoms with Gasteiger partial charge in [-0.1, -0.05) is 236 Å². The van der Waals surface area contributed by atoms with Crippen LogP contribution < -0.4 is 25.8 Å². The van der Waals surface area contributed by atoms with Crippen LogP contribution >= 0.6 is 7.60 Å². The van der Waals surface area contributed by atoms with Crippen molar-refractivity contribution in [3.05, 3.63) is 227 Å². The Hall–Kier alpha value is -9.69. The van der Waals surface area contributed by atoms with Crippen LogP contribution in [0.5, 0.6) is 5.75 Å². The molecule has 7 aromatic rings. The summed E-state index contributed by atoms with van der Waals surface area (Å²) >= 11 is 0. The van der Waals surface area contributed by atoms with Gasteiger partial charge in [0, 0.05) is 59.9 Å². The van der Waals surface area contributed by atoms with E-state index in [4.69, 9.17) is 14.0 Å². The molecule has 21 nitrogen and oxygen atoms in total. The molecule has 8 rings (SSSR count). The summed E-state index contributed by atoms with van der Waals surface area (Å²) in [6, 6.07) is 48.1. The lowest BCUT2D eigenvalue weighted by Gasteiger charge is -2.32. The van der Waals surface area contributed by atoms with Crippen molar-refractivity contribution in [2.24, 2.45) is 21.7 Å². The van der Waals surface area contributed by atoms with Crippen LogP contribution in [0.4, 0.5) is 14.4 Å². The summed E-state index contributed by atoms with van der Waals surface area (Å²) in [6.07, 6.45) is 3.38. The van der Waals surface area contributed by atoms with Crippen molar-refractivity contribution in [2.75, 3.05) is 34.6 Å². The van der Waals surface area contributed by atoms with Gasteiger partial charge in [0.25, 0.3) is 0 Å². The van der Waals surface area contributed by atoms with Gasteiger partial charge in [-0.3, -0.25) is 19.2 Å². The van der Waals surface area contributed by atoms with E-state index in [-0.39, 0.29) is 47.8 Å². The van der Waals surface area contributed by atoms with Crippen molar-refractivity contribution < 1.29 is 71.6 Å². The van der Waals surface area contributed by atoms with Crippen LogP contribution in [0.1, 0.15) is 147 Å². The predicted octanol–water partition coefficient (Wildman–Crippen LogP) is 14.4. The summed E-state index contributed by atoms with van der Waals surface area (Å²) in [4.78, 5) is 99.5. The number of carbonyl (C=O) groups excluding carboxylic acids is 7. The number of fused-ring (bicyclic) bond motifs is 3. The molecule has 0 saturated heterocycles. The number of alkyl carbamates (subject to hydrolysis) is 3. The van der Waals surface area contributed by atoms with Gasteiger partial charge in [0.2, 0.25) is 0 Å². The number of rotatable bonds is 25. The van der Waals surface area contributed by atoms with E-state index >= 15 is 0 Å². The number of aliphatic hydroxyl groups is 1. The number of imidazole rings is 1. The molecule has 5 unspecified atom stereocenters. The van der Waals surface area contributed by atoms with Crippen molar-refractivity contribution in [1.82, 2.24) is 30.8 Å². The fraction of sp³-hybridized carbons (Fsp3) is 0.407. The summed E-state index contributed by atoms with van der Waals surface area (Å²) in [7, 11) is 0.416. The molecule has 0 aliphatic heterocycles. The molecule has 0 saturated carbocycles. The van der Waals surface area contributed by atoms with Gasteiger partial charge in [0.1, 0.15) is 18.0 Å². The average molecular weight is 1430 g/mol. The number of carbonyl (C=O) groups is 7. The Morgan fingerprint density at radius 2 is 0.971 bits per heavy atom. The molecule has 0 radical (unpaired) electrons. The highest BCUT2D eigenvalue weighted by atomic mass is 31.2. The van der Waals surface area contributed by atoms with Gasteiger partial charge in [-0.2, -0.15) is 0 Å². The molecule has 3 amide bonds. The third-order valence-electron chi connectivity index (χ3n) is 16.7. The minimum Gasteiger partial charge on any atom is -0.483 e. The van der Waals surface area contributed by atoms with Gasteiger partial charge >= 0.3 is 25.9 Å². The fourth-order valence-electron chi connectivity index (χ4n) is 11.3. The molecule has 0 spiro atoms. The third-order valence-corrected chi connectivity index (χ3v) is 17.3. The Balaban J connectivity index is 0.000000259. The van der Waals surface area contributed by atoms with Crippen LogP contribution in [0.3, 0.4) is 0 Å². The zero-order valence-corrected chi connectivity index (χ0v) is 63.6. The van der Waals surface area contributed by atoms with E-state index in [0.717, 1.165) is 29.0 Å². The standard InChI is InChI=1S/C32H36N2O4.C19H25N3O3.C16H24NO6P.C14H20O2/c1-21(37-5)34-29(30(35)32(2,3)4)18-22-14-16-23(17-15-22)19-33-31(36)38-20-28-26-12-8-6-10-24(26)25-11-7-9-13-27(25)28;1-19(2,3)17(23)16(21-18(24)25-4)10-15-12-22(13-20-15)11-14-8-6-5-7-9-14;1-16(2,3)14(18)13(17-15(19)22-4)10-11-6-8-12(9-7-11)23-24(5,20)21;1-5-14(16,12(15)13(2,3)4)11-9-7-6-8-10-11/h6-17,28-29,34H,1,18-20H2,2-5H3,(H,33,36);5-9,12-13,16H,10-11H2,1-4H3,(H,21,24);6-9,13H,10H2,1-5H3,(H,17,19)(H,20,21);6-10,16H,5H2,1-4H3. The molecular formula is C81H105N6O15P. The normalized spacial score (nSPS) is 13.8. The highest BCUT2D eigenvalue weighted by Gasteiger charge is 2.42. The predicted molar refractivity (Wildman–Crippen MR) is 400 cm³/mol. The molecule has 554 valence electrons. The van der Waals surface area contributed by atoms with E-state index in [1.807, 2.05) is 177 Å². The maximum atomic E-state index is 12.9. The molecule has 103 heavy (non-hydrogen) atoms. The second-order valence-corrected chi connectivity index (χ2v) is 31.2. The summed E-state index contributed by atoms with van der Waals surface area (Å²) in [5, 5.41) is 21.6. The maximum Gasteiger partial charge on any atom is 0.407 e. The van der Waals surface area contributed by atoms with Crippen molar-refractivity contribution in [3.63, 3.8) is 0 Å². The Labute approximate surface area is 607 Å². The third kappa shape index (κ3) is 26.3. The van der Waals surface area contributed by atoms with Gasteiger partial charge in [0.05, 0.1) is 51.5 Å². The van der Waals surface area contributed by atoms with E-state index in [9.17, 15) is 48.1 Å². The molecule has 1 aromatic heterocycles. The lowest BCUT2D eigenvalue weighted by atomic mass is 9.75. The van der Waals surface area contributed by atoms with Crippen LogP contribution in [0, 0.1) is 21.7 Å². The highest BCUT2D eigenvalue weighted by molar-refractivity contribution is 7.52.